The van der Waals surface area contributed by atoms with E-state index in [9.17, 15) is 4.79 Å². The molecule has 3 heterocycles. The van der Waals surface area contributed by atoms with Crippen molar-refractivity contribution in [2.45, 2.75) is 32.9 Å². The Morgan fingerprint density at radius 3 is 3.00 bits per heavy atom. The molecule has 9 heteroatoms. The summed E-state index contributed by atoms with van der Waals surface area (Å²) >= 11 is 0. The van der Waals surface area contributed by atoms with E-state index in [1.54, 1.807) is 5.48 Å². The third kappa shape index (κ3) is 3.17. The molecule has 0 spiro atoms. The number of fused-ring (bicyclic) bond motifs is 3. The lowest BCUT2D eigenvalue weighted by molar-refractivity contribution is -0.128. The molecular weight excluding hydrogens is 348 g/mol. The van der Waals surface area contributed by atoms with Gasteiger partial charge in [0, 0.05) is 12.2 Å². The van der Waals surface area contributed by atoms with Gasteiger partial charge in [0.25, 0.3) is 0 Å². The number of benzene rings is 1. The predicted octanol–water partition coefficient (Wildman–Crippen LogP) is 1.83. The Morgan fingerprint density at radius 2 is 2.22 bits per heavy atom. The summed E-state index contributed by atoms with van der Waals surface area (Å²) < 4.78 is 9.74. The number of amides is 1. The van der Waals surface area contributed by atoms with Gasteiger partial charge in [-0.2, -0.15) is 5.10 Å². The van der Waals surface area contributed by atoms with Crippen LogP contribution in [0.15, 0.2) is 30.7 Å². The zero-order valence-corrected chi connectivity index (χ0v) is 15.1. The monoisotopic (exact) mass is 368 g/mol. The first-order valence-corrected chi connectivity index (χ1v) is 8.73. The van der Waals surface area contributed by atoms with Crippen LogP contribution in [-0.2, 0) is 17.8 Å². The molecule has 1 aliphatic rings. The first kappa shape index (κ1) is 17.2. The van der Waals surface area contributed by atoms with Crippen molar-refractivity contribution in [1.29, 1.82) is 0 Å². The number of aromatic nitrogens is 5. The molecule has 0 unspecified atom stereocenters. The van der Waals surface area contributed by atoms with Crippen LogP contribution in [0.2, 0.25) is 0 Å². The van der Waals surface area contributed by atoms with Crippen molar-refractivity contribution < 1.29 is 14.7 Å². The molecule has 3 aromatic rings. The molecule has 1 aliphatic heterocycles. The van der Waals surface area contributed by atoms with Crippen LogP contribution in [0.25, 0.3) is 22.9 Å². The van der Waals surface area contributed by atoms with Crippen molar-refractivity contribution in [3.8, 4) is 28.7 Å². The fourth-order valence-corrected chi connectivity index (χ4v) is 3.18. The average molecular weight is 368 g/mol. The molecule has 0 fully saturated rings. The lowest BCUT2D eigenvalue weighted by atomic mass is 10.1. The second-order valence-electron chi connectivity index (χ2n) is 6.66. The minimum Gasteiger partial charge on any atom is -0.491 e. The Bertz CT molecular complexity index is 991. The molecule has 1 amide bonds. The Balaban J connectivity index is 1.74. The van der Waals surface area contributed by atoms with Crippen molar-refractivity contribution in [3.63, 3.8) is 0 Å². The van der Waals surface area contributed by atoms with E-state index in [0.29, 0.717) is 18.9 Å². The molecule has 0 atom stereocenters. The van der Waals surface area contributed by atoms with Gasteiger partial charge in [-0.15, -0.1) is 0 Å². The minimum atomic E-state index is -0.472. The molecular formula is C18H20N6O3. The highest BCUT2D eigenvalue weighted by Gasteiger charge is 2.22. The molecule has 2 N–H and O–H groups in total. The molecule has 1 aromatic carbocycles. The molecule has 27 heavy (non-hydrogen) atoms. The van der Waals surface area contributed by atoms with Gasteiger partial charge in [0.05, 0.1) is 18.5 Å². The summed E-state index contributed by atoms with van der Waals surface area (Å²) in [6.07, 6.45) is 3.57. The summed E-state index contributed by atoms with van der Waals surface area (Å²) in [7, 11) is 0. The second-order valence-corrected chi connectivity index (χ2v) is 6.66. The van der Waals surface area contributed by atoms with Crippen LogP contribution < -0.4 is 10.2 Å². The van der Waals surface area contributed by atoms with Crippen LogP contribution >= 0.6 is 0 Å². The smallest absolute Gasteiger partial charge is 0.247 e. The fraction of sp³-hybridized carbons (Fsp3) is 0.333. The third-order valence-corrected chi connectivity index (χ3v) is 4.43. The number of imidazole rings is 1. The Labute approximate surface area is 155 Å². The van der Waals surface area contributed by atoms with E-state index < -0.39 is 5.91 Å². The SMILES string of the molecule is CC(C)n1ncnc1-c1cn2c(n1)-c1ccc(CC(=O)NO)cc1OCC2. The van der Waals surface area contributed by atoms with Gasteiger partial charge in [-0.05, 0) is 31.5 Å². The van der Waals surface area contributed by atoms with Gasteiger partial charge < -0.3 is 9.30 Å². The van der Waals surface area contributed by atoms with Crippen LogP contribution in [0.1, 0.15) is 25.5 Å². The van der Waals surface area contributed by atoms with E-state index in [4.69, 9.17) is 14.9 Å². The second kappa shape index (κ2) is 6.84. The third-order valence-electron chi connectivity index (χ3n) is 4.43. The van der Waals surface area contributed by atoms with E-state index in [-0.39, 0.29) is 12.5 Å². The van der Waals surface area contributed by atoms with Gasteiger partial charge in [0.1, 0.15) is 30.2 Å². The van der Waals surface area contributed by atoms with Gasteiger partial charge in [-0.3, -0.25) is 10.0 Å². The van der Waals surface area contributed by atoms with Gasteiger partial charge in [0.15, 0.2) is 5.82 Å². The summed E-state index contributed by atoms with van der Waals surface area (Å²) in [6.45, 7) is 5.24. The number of hydroxylamine groups is 1. The fourth-order valence-electron chi connectivity index (χ4n) is 3.18. The number of rotatable bonds is 4. The number of carbonyl (C=O) groups is 1. The molecule has 140 valence electrons. The maximum Gasteiger partial charge on any atom is 0.247 e. The maximum atomic E-state index is 11.4. The van der Waals surface area contributed by atoms with Gasteiger partial charge in [-0.1, -0.05) is 6.07 Å². The molecule has 0 bridgehead atoms. The van der Waals surface area contributed by atoms with Crippen LogP contribution in [0, 0.1) is 0 Å². The lowest BCUT2D eigenvalue weighted by Crippen LogP contribution is -2.20. The van der Waals surface area contributed by atoms with Crippen molar-refractivity contribution in [2.75, 3.05) is 6.61 Å². The number of carbonyl (C=O) groups excluding carboxylic acids is 1. The first-order chi connectivity index (χ1) is 13.1. The van der Waals surface area contributed by atoms with E-state index in [0.717, 1.165) is 28.5 Å². The first-order valence-electron chi connectivity index (χ1n) is 8.73. The molecule has 0 aliphatic carbocycles. The van der Waals surface area contributed by atoms with Gasteiger partial charge in [0.2, 0.25) is 5.91 Å². The summed E-state index contributed by atoms with van der Waals surface area (Å²) in [5.74, 6) is 1.71. The molecule has 0 saturated heterocycles. The topological polar surface area (TPSA) is 107 Å². The minimum absolute atomic E-state index is 0.0737. The van der Waals surface area contributed by atoms with Gasteiger partial charge in [-0.25, -0.2) is 20.1 Å². The quantitative estimate of drug-likeness (QED) is 0.537. The number of nitrogens with zero attached hydrogens (tertiary/aromatic N) is 5. The van der Waals surface area contributed by atoms with Crippen LogP contribution in [0.5, 0.6) is 5.75 Å². The number of hydrogen-bond acceptors (Lipinski definition) is 6. The Hall–Kier alpha value is -3.20. The highest BCUT2D eigenvalue weighted by atomic mass is 16.5. The van der Waals surface area contributed by atoms with E-state index in [2.05, 4.69) is 10.1 Å². The molecule has 2 aromatic heterocycles. The summed E-state index contributed by atoms with van der Waals surface area (Å²) in [4.78, 5) is 20.6. The molecule has 0 saturated carbocycles. The number of nitrogens with one attached hydrogen (secondary N) is 1. The number of ether oxygens (including phenoxy) is 1. The van der Waals surface area contributed by atoms with Crippen molar-refractivity contribution in [1.82, 2.24) is 29.8 Å². The Morgan fingerprint density at radius 1 is 1.37 bits per heavy atom. The van der Waals surface area contributed by atoms with Gasteiger partial charge >= 0.3 is 0 Å². The van der Waals surface area contributed by atoms with Crippen LogP contribution in [-0.4, -0.2) is 42.0 Å². The normalized spacial score (nSPS) is 12.9. The highest BCUT2D eigenvalue weighted by molar-refractivity contribution is 5.78. The summed E-state index contributed by atoms with van der Waals surface area (Å²) in [6, 6.07) is 5.71. The highest BCUT2D eigenvalue weighted by Crippen LogP contribution is 2.34. The van der Waals surface area contributed by atoms with Crippen LogP contribution in [0.4, 0.5) is 0 Å². The maximum absolute atomic E-state index is 11.4. The van der Waals surface area contributed by atoms with E-state index >= 15 is 0 Å². The zero-order chi connectivity index (χ0) is 19.0. The summed E-state index contributed by atoms with van der Waals surface area (Å²) in [5, 5.41) is 13.0. The zero-order valence-electron chi connectivity index (χ0n) is 15.1. The molecule has 0 radical (unpaired) electrons. The number of hydrogen-bond donors (Lipinski definition) is 2. The molecule has 9 nitrogen and oxygen atoms in total. The average Bonchev–Trinajstić information content (AvgIpc) is 3.26. The van der Waals surface area contributed by atoms with Crippen molar-refractivity contribution in [2.24, 2.45) is 0 Å². The standard InChI is InChI=1S/C18H20N6O3/c1-11(2)24-18(19-10-20-24)14-9-23-5-6-27-15-7-12(8-16(25)22-26)3-4-13(15)17(23)21-14/h3-4,7,9-11,26H,5-6,8H2,1-2H3,(H,22,25). The Kier molecular flexibility index (Phi) is 4.36. The molecule has 4 rings (SSSR count). The van der Waals surface area contributed by atoms with Crippen molar-refractivity contribution >= 4 is 5.91 Å². The van der Waals surface area contributed by atoms with E-state index in [1.165, 1.54) is 6.33 Å². The van der Waals surface area contributed by atoms with Crippen molar-refractivity contribution in [3.05, 3.63) is 36.3 Å². The van der Waals surface area contributed by atoms with Crippen LogP contribution in [0.3, 0.4) is 0 Å². The largest absolute Gasteiger partial charge is 0.491 e. The predicted molar refractivity (Wildman–Crippen MR) is 96.2 cm³/mol. The summed E-state index contributed by atoms with van der Waals surface area (Å²) in [5.41, 5.74) is 4.00. The van der Waals surface area contributed by atoms with E-state index in [1.807, 2.05) is 47.5 Å². The lowest BCUT2D eigenvalue weighted by Gasteiger charge is -2.09.